The molecule has 0 spiro atoms. The maximum absolute atomic E-state index is 11.8. The first-order valence-electron chi connectivity index (χ1n) is 2.44. The molecule has 10 heavy (non-hydrogen) atoms. The monoisotopic (exact) mass is 139 g/mol. The van der Waals surface area contributed by atoms with Gasteiger partial charge in [0.15, 0.2) is 0 Å². The Morgan fingerprint density at radius 1 is 1.50 bits per heavy atom. The Morgan fingerprint density at radius 2 is 2.10 bits per heavy atom. The number of halogens is 1. The van der Waals surface area contributed by atoms with Gasteiger partial charge in [-0.15, -0.1) is 5.26 Å². The van der Waals surface area contributed by atoms with Gasteiger partial charge in [-0.05, 0) is 12.2 Å². The van der Waals surface area contributed by atoms with Crippen LogP contribution in [0.2, 0.25) is 0 Å². The lowest BCUT2D eigenvalue weighted by atomic mass is 10.4. The zero-order valence-corrected chi connectivity index (χ0v) is 5.30. The third-order valence-corrected chi connectivity index (χ3v) is 0.627. The number of ether oxygens (including phenoxy) is 1. The Hall–Kier alpha value is -1.56. The lowest BCUT2D eigenvalue weighted by molar-refractivity contribution is 0.395. The summed E-state index contributed by atoms with van der Waals surface area (Å²) >= 11 is 0. The van der Waals surface area contributed by atoms with Crippen molar-refractivity contribution in [3.63, 3.8) is 0 Å². The first-order chi connectivity index (χ1) is 4.66. The number of hydrogen-bond acceptors (Lipinski definition) is 2. The molecule has 0 amide bonds. The summed E-state index contributed by atoms with van der Waals surface area (Å²) in [4.78, 5) is 0. The largest absolute Gasteiger partial charge is 0.389 e. The van der Waals surface area contributed by atoms with E-state index >= 15 is 0 Å². The van der Waals surface area contributed by atoms with Crippen molar-refractivity contribution in [3.8, 4) is 6.26 Å². The van der Waals surface area contributed by atoms with E-state index in [4.69, 9.17) is 5.26 Å². The molecule has 0 saturated carbocycles. The van der Waals surface area contributed by atoms with E-state index in [-0.39, 0.29) is 5.76 Å². The molecule has 0 N–H and O–H groups in total. The van der Waals surface area contributed by atoms with Crippen LogP contribution in [0.3, 0.4) is 0 Å². The highest BCUT2D eigenvalue weighted by Gasteiger charge is 1.85. The van der Waals surface area contributed by atoms with Gasteiger partial charge in [0, 0.05) is 0 Å². The van der Waals surface area contributed by atoms with Crippen molar-refractivity contribution in [2.45, 2.75) is 0 Å². The van der Waals surface area contributed by atoms with E-state index in [0.717, 1.165) is 6.08 Å². The van der Waals surface area contributed by atoms with Crippen LogP contribution in [0.25, 0.3) is 0 Å². The molecule has 0 saturated heterocycles. The SMILES string of the molecule is C=C(F)/C=C\C(=C)OC#N. The van der Waals surface area contributed by atoms with Gasteiger partial charge in [-0.1, -0.05) is 13.2 Å². The van der Waals surface area contributed by atoms with Crippen molar-refractivity contribution < 1.29 is 9.13 Å². The third-order valence-electron chi connectivity index (χ3n) is 0.627. The van der Waals surface area contributed by atoms with Crippen LogP contribution < -0.4 is 0 Å². The van der Waals surface area contributed by atoms with E-state index in [2.05, 4.69) is 17.9 Å². The maximum Gasteiger partial charge on any atom is 0.292 e. The van der Waals surface area contributed by atoms with E-state index in [1.807, 2.05) is 0 Å². The zero-order valence-electron chi connectivity index (χ0n) is 5.30. The van der Waals surface area contributed by atoms with E-state index in [1.54, 1.807) is 0 Å². The van der Waals surface area contributed by atoms with Crippen LogP contribution >= 0.6 is 0 Å². The molecule has 0 aliphatic carbocycles. The molecule has 0 heterocycles. The fourth-order valence-corrected chi connectivity index (χ4v) is 0.276. The molecular weight excluding hydrogens is 133 g/mol. The van der Waals surface area contributed by atoms with Crippen molar-refractivity contribution in [1.82, 2.24) is 0 Å². The fourth-order valence-electron chi connectivity index (χ4n) is 0.276. The van der Waals surface area contributed by atoms with Gasteiger partial charge >= 0.3 is 0 Å². The van der Waals surface area contributed by atoms with Crippen molar-refractivity contribution in [2.75, 3.05) is 0 Å². The maximum atomic E-state index is 11.8. The smallest absolute Gasteiger partial charge is 0.292 e. The minimum absolute atomic E-state index is 0.0845. The quantitative estimate of drug-likeness (QED) is 0.340. The van der Waals surface area contributed by atoms with Gasteiger partial charge in [0.25, 0.3) is 6.26 Å². The average Bonchev–Trinajstić information content (AvgIpc) is 1.85. The van der Waals surface area contributed by atoms with Gasteiger partial charge in [0.2, 0.25) is 0 Å². The highest BCUT2D eigenvalue weighted by Crippen LogP contribution is 1.98. The lowest BCUT2D eigenvalue weighted by Gasteiger charge is -1.88. The molecule has 0 aromatic carbocycles. The van der Waals surface area contributed by atoms with Crippen molar-refractivity contribution in [2.24, 2.45) is 0 Å². The number of hydrogen-bond donors (Lipinski definition) is 0. The van der Waals surface area contributed by atoms with Crippen LogP contribution in [-0.2, 0) is 4.74 Å². The topological polar surface area (TPSA) is 33.0 Å². The molecular formula is C7H6FNO. The second kappa shape index (κ2) is 4.33. The first-order valence-corrected chi connectivity index (χ1v) is 2.44. The minimum Gasteiger partial charge on any atom is -0.389 e. The third kappa shape index (κ3) is 4.60. The summed E-state index contributed by atoms with van der Waals surface area (Å²) in [6, 6.07) is 0. The normalized spacial score (nSPS) is 8.80. The Balaban J connectivity index is 3.81. The van der Waals surface area contributed by atoms with Crippen LogP contribution in [0, 0.1) is 11.5 Å². The molecule has 0 unspecified atom stereocenters. The van der Waals surface area contributed by atoms with Gasteiger partial charge in [-0.25, -0.2) is 4.39 Å². The van der Waals surface area contributed by atoms with E-state index in [0.29, 0.717) is 0 Å². The number of allylic oxidation sites excluding steroid dienone is 3. The molecule has 0 atom stereocenters. The van der Waals surface area contributed by atoms with Crippen molar-refractivity contribution in [1.29, 1.82) is 5.26 Å². The molecule has 0 rings (SSSR count). The Bertz CT molecular complexity index is 212. The summed E-state index contributed by atoms with van der Waals surface area (Å²) < 4.78 is 16.1. The van der Waals surface area contributed by atoms with Gasteiger partial charge < -0.3 is 4.74 Å². The predicted octanol–water partition coefficient (Wildman–Crippen LogP) is 2.04. The van der Waals surface area contributed by atoms with Crippen LogP contribution in [0.5, 0.6) is 0 Å². The van der Waals surface area contributed by atoms with Crippen LogP contribution in [-0.4, -0.2) is 0 Å². The van der Waals surface area contributed by atoms with Gasteiger partial charge in [0.05, 0.1) is 0 Å². The summed E-state index contributed by atoms with van der Waals surface area (Å²) in [5.41, 5.74) is 0. The minimum atomic E-state index is -0.609. The molecule has 52 valence electrons. The van der Waals surface area contributed by atoms with E-state index in [1.165, 1.54) is 12.3 Å². The van der Waals surface area contributed by atoms with Crippen molar-refractivity contribution in [3.05, 3.63) is 36.9 Å². The first kappa shape index (κ1) is 8.44. The molecule has 0 bridgehead atoms. The summed E-state index contributed by atoms with van der Waals surface area (Å²) in [5.74, 6) is -0.524. The number of rotatable bonds is 3. The van der Waals surface area contributed by atoms with Crippen molar-refractivity contribution >= 4 is 0 Å². The Kier molecular flexibility index (Phi) is 3.66. The average molecular weight is 139 g/mol. The van der Waals surface area contributed by atoms with E-state index in [9.17, 15) is 4.39 Å². The summed E-state index contributed by atoms with van der Waals surface area (Å²) in [7, 11) is 0. The van der Waals surface area contributed by atoms with Gasteiger partial charge in [-0.3, -0.25) is 0 Å². The molecule has 0 fully saturated rings. The number of nitriles is 1. The van der Waals surface area contributed by atoms with Crippen LogP contribution in [0.15, 0.2) is 36.9 Å². The summed E-state index contributed by atoms with van der Waals surface area (Å²) in [6.45, 7) is 6.23. The molecule has 0 aliphatic rings. The highest BCUT2D eigenvalue weighted by molar-refractivity contribution is 5.16. The molecule has 0 aromatic heterocycles. The molecule has 3 heteroatoms. The predicted molar refractivity (Wildman–Crippen MR) is 35.2 cm³/mol. The Morgan fingerprint density at radius 3 is 2.50 bits per heavy atom. The number of nitrogens with zero attached hydrogens (tertiary/aromatic N) is 1. The lowest BCUT2D eigenvalue weighted by Crippen LogP contribution is -1.75. The standard InChI is InChI=1S/C7H6FNO/c1-6(8)3-4-7(2)10-5-9/h3-4H,1-2H2/b4-3-. The van der Waals surface area contributed by atoms with Crippen LogP contribution in [0.4, 0.5) is 4.39 Å². The van der Waals surface area contributed by atoms with Crippen LogP contribution in [0.1, 0.15) is 0 Å². The molecule has 0 aromatic rings. The fraction of sp³-hybridized carbons (Fsp3) is 0. The summed E-state index contributed by atoms with van der Waals surface area (Å²) in [6.07, 6.45) is 3.66. The second-order valence-electron chi connectivity index (χ2n) is 1.44. The molecule has 0 radical (unpaired) electrons. The van der Waals surface area contributed by atoms with E-state index < -0.39 is 5.83 Å². The zero-order chi connectivity index (χ0) is 7.98. The molecule has 2 nitrogen and oxygen atoms in total. The summed E-state index contributed by atoms with van der Waals surface area (Å²) in [5, 5.41) is 7.92. The highest BCUT2D eigenvalue weighted by atomic mass is 19.1. The molecule has 0 aliphatic heterocycles. The van der Waals surface area contributed by atoms with Gasteiger partial charge in [0.1, 0.15) is 11.6 Å². The Labute approximate surface area is 58.5 Å². The van der Waals surface area contributed by atoms with Gasteiger partial charge in [-0.2, -0.15) is 0 Å². The second-order valence-corrected chi connectivity index (χ2v) is 1.44.